The van der Waals surface area contributed by atoms with Crippen molar-refractivity contribution >= 4 is 58.5 Å². The molecule has 0 bridgehead atoms. The summed E-state index contributed by atoms with van der Waals surface area (Å²) in [5, 5.41) is 22.9. The highest BCUT2D eigenvalue weighted by molar-refractivity contribution is 7.13. The van der Waals surface area contributed by atoms with Crippen LogP contribution >= 0.6 is 11.3 Å². The number of aliphatic hydroxyl groups excluding tert-OH is 1. The molecule has 2 aromatic carbocycles. The predicted octanol–water partition coefficient (Wildman–Crippen LogP) is 7.15. The first-order valence-corrected chi connectivity index (χ1v) is 26.8. The summed E-state index contributed by atoms with van der Waals surface area (Å²) in [6.45, 7) is 15.9. The van der Waals surface area contributed by atoms with E-state index in [0.29, 0.717) is 70.9 Å². The van der Waals surface area contributed by atoms with Crippen LogP contribution in [0.2, 0.25) is 0 Å². The van der Waals surface area contributed by atoms with Crippen molar-refractivity contribution in [3.63, 3.8) is 0 Å². The molecule has 1 aliphatic carbocycles. The molecule has 0 radical (unpaired) electrons. The van der Waals surface area contributed by atoms with Crippen molar-refractivity contribution in [2.75, 3.05) is 83.6 Å². The Balaban J connectivity index is 0.768. The van der Waals surface area contributed by atoms with Gasteiger partial charge in [-0.1, -0.05) is 64.1 Å². The number of unbranched alkanes of at least 4 members (excludes halogenated alkanes) is 1. The summed E-state index contributed by atoms with van der Waals surface area (Å²) in [4.78, 5) is 70.5. The van der Waals surface area contributed by atoms with Gasteiger partial charge < -0.3 is 55.1 Å². The van der Waals surface area contributed by atoms with Crippen molar-refractivity contribution in [2.45, 2.75) is 110 Å². The number of anilines is 3. The molecular weight excluding hydrogens is 963 g/mol. The third-order valence-electron chi connectivity index (χ3n) is 13.0. The number of likely N-dealkylation sites (tertiary alicyclic amines) is 1. The minimum Gasteiger partial charge on any atom is -0.494 e. The number of rotatable bonds is 31. The number of aryl methyl sites for hydroxylation is 1. The van der Waals surface area contributed by atoms with E-state index in [1.807, 2.05) is 93.7 Å². The number of hydrogen-bond donors (Lipinski definition) is 5. The van der Waals surface area contributed by atoms with Gasteiger partial charge in [-0.25, -0.2) is 9.97 Å². The van der Waals surface area contributed by atoms with E-state index in [4.69, 9.17) is 18.9 Å². The number of benzene rings is 2. The van der Waals surface area contributed by atoms with Crippen LogP contribution in [0.5, 0.6) is 5.75 Å². The average molecular weight is 1040 g/mol. The van der Waals surface area contributed by atoms with E-state index in [0.717, 1.165) is 83.6 Å². The van der Waals surface area contributed by atoms with E-state index in [2.05, 4.69) is 42.8 Å². The van der Waals surface area contributed by atoms with E-state index in [-0.39, 0.29) is 43.8 Å². The molecule has 4 aromatic rings. The maximum Gasteiger partial charge on any atom is 0.246 e. The van der Waals surface area contributed by atoms with Crippen LogP contribution in [0.15, 0.2) is 66.8 Å². The van der Waals surface area contributed by atoms with Gasteiger partial charge in [-0.15, -0.1) is 11.3 Å². The zero-order valence-electron chi connectivity index (χ0n) is 43.9. The summed E-state index contributed by atoms with van der Waals surface area (Å²) in [5.74, 6) is 1.12. The topological polar surface area (TPSA) is 219 Å². The number of nitrogens with one attached hydrogen (secondary N) is 4. The molecule has 0 spiro atoms. The van der Waals surface area contributed by atoms with Crippen LogP contribution in [0.25, 0.3) is 16.5 Å². The maximum absolute atomic E-state index is 13.9. The van der Waals surface area contributed by atoms with Crippen LogP contribution in [0.1, 0.15) is 95.4 Å². The van der Waals surface area contributed by atoms with E-state index in [1.54, 1.807) is 23.6 Å². The average Bonchev–Trinajstić information content (AvgIpc) is 3.99. The molecule has 6 rings (SSSR count). The highest BCUT2D eigenvalue weighted by atomic mass is 32.1. The Morgan fingerprint density at radius 2 is 1.61 bits per heavy atom. The third kappa shape index (κ3) is 17.9. The number of carbonyl (C=O) groups is 4. The molecule has 402 valence electrons. The molecule has 2 aromatic heterocycles. The molecule has 74 heavy (non-hydrogen) atoms. The summed E-state index contributed by atoms with van der Waals surface area (Å²) in [5.41, 5.74) is 5.68. The van der Waals surface area contributed by atoms with Gasteiger partial charge in [0.25, 0.3) is 0 Å². The minimum atomic E-state index is -0.941. The second-order valence-electron chi connectivity index (χ2n) is 20.0. The predicted molar refractivity (Wildman–Crippen MR) is 288 cm³/mol. The van der Waals surface area contributed by atoms with Crippen molar-refractivity contribution < 1.29 is 43.2 Å². The molecule has 5 N–H and O–H groups in total. The molecule has 19 heteroatoms. The lowest BCUT2D eigenvalue weighted by atomic mass is 9.84. The van der Waals surface area contributed by atoms with Crippen LogP contribution in [0.3, 0.4) is 0 Å². The highest BCUT2D eigenvalue weighted by Crippen LogP contribution is 2.30. The Morgan fingerprint density at radius 1 is 0.919 bits per heavy atom. The largest absolute Gasteiger partial charge is 0.494 e. The van der Waals surface area contributed by atoms with Crippen LogP contribution in [-0.2, 0) is 39.9 Å². The van der Waals surface area contributed by atoms with Gasteiger partial charge in [-0.2, -0.15) is 4.98 Å². The van der Waals surface area contributed by atoms with Gasteiger partial charge in [0, 0.05) is 102 Å². The summed E-state index contributed by atoms with van der Waals surface area (Å²) in [7, 11) is 1.88. The van der Waals surface area contributed by atoms with Crippen LogP contribution in [-0.4, -0.2) is 145 Å². The maximum atomic E-state index is 13.9. The Labute approximate surface area is 440 Å². The number of nitrogens with zero attached hydrogens (tertiary/aromatic N) is 5. The quantitative estimate of drug-likeness (QED) is 0.0316. The number of thiazole rings is 1. The summed E-state index contributed by atoms with van der Waals surface area (Å²) >= 11 is 1.58. The summed E-state index contributed by atoms with van der Waals surface area (Å²) < 4.78 is 23.1. The van der Waals surface area contributed by atoms with Gasteiger partial charge in [0.2, 0.25) is 29.6 Å². The van der Waals surface area contributed by atoms with Crippen molar-refractivity contribution in [2.24, 2.45) is 11.3 Å². The number of carbonyl (C=O) groups excluding carboxylic acids is 4. The van der Waals surface area contributed by atoms with Crippen LogP contribution in [0.4, 0.5) is 17.5 Å². The molecule has 1 saturated carbocycles. The molecule has 2 fully saturated rings. The van der Waals surface area contributed by atoms with E-state index in [9.17, 15) is 24.3 Å². The number of β-amino-alcohol motifs (C(OH)–C–C–N with tert-alkyl or cyclic N) is 1. The normalized spacial score (nSPS) is 16.0. The molecule has 3 heterocycles. The number of aliphatic hydroxyl groups is 1. The van der Waals surface area contributed by atoms with E-state index >= 15 is 0 Å². The first-order valence-electron chi connectivity index (χ1n) is 26.0. The SMILES string of the molecule is C=Cc1cnc(Nc2ccc(OCCCOCCCCOCCCOCC(=O)N[C@H](C(=O)N3C[C@H](O)C[C@H]3C(=O)NCc3ccc(-c4scnc4C)cc3)C(C)(C)C)cc2)nc1NCCCN(C)C(=O)C1CCC1. The monoisotopic (exact) mass is 1040 g/mol. The zero-order chi connectivity index (χ0) is 52.9. The third-order valence-corrected chi connectivity index (χ3v) is 14.0. The molecule has 18 nitrogen and oxygen atoms in total. The fraction of sp³-hybridized carbons (Fsp3) is 0.545. The molecular formula is C55H77N9O9S. The summed E-state index contributed by atoms with van der Waals surface area (Å²) in [6, 6.07) is 13.7. The van der Waals surface area contributed by atoms with Crippen molar-refractivity contribution in [3.05, 3.63) is 83.6 Å². The summed E-state index contributed by atoms with van der Waals surface area (Å²) in [6.07, 6.45) is 9.73. The smallest absolute Gasteiger partial charge is 0.246 e. The fourth-order valence-electron chi connectivity index (χ4n) is 8.48. The molecule has 4 amide bonds. The fourth-order valence-corrected chi connectivity index (χ4v) is 9.29. The molecule has 1 saturated heterocycles. The standard InChI is InChI=1S/C55H77N9O9S/c1-7-40-34-58-54(62-50(40)56-24-11-25-63(6)52(68)42-14-10-15-42)60-43-20-22-45(23-21-43)73-31-13-29-71-27-9-8-26-70-28-12-30-72-36-47(66)61-49(55(3,4)5)53(69)64-35-44(65)32-46(64)51(67)57-33-39-16-18-41(19-17-39)48-38(2)59-37-74-48/h7,16-23,34,37,42,44,46,49,65H,1,8-15,24-33,35-36H2,2-6H3,(H,57,67)(H,61,66)(H2,56,58,60,62)/t44-,46+,49-/m1/s1. The minimum absolute atomic E-state index is 0.00384. The van der Waals surface area contributed by atoms with Crippen molar-refractivity contribution in [1.82, 2.24) is 35.4 Å². The van der Waals surface area contributed by atoms with Gasteiger partial charge >= 0.3 is 0 Å². The van der Waals surface area contributed by atoms with Gasteiger partial charge in [-0.05, 0) is 86.3 Å². The molecule has 0 unspecified atom stereocenters. The van der Waals surface area contributed by atoms with Crippen molar-refractivity contribution in [3.8, 4) is 16.2 Å². The number of ether oxygens (including phenoxy) is 4. The second-order valence-corrected chi connectivity index (χ2v) is 20.9. The van der Waals surface area contributed by atoms with Gasteiger partial charge in [-0.3, -0.25) is 19.2 Å². The molecule has 1 aliphatic heterocycles. The number of hydrogen-bond acceptors (Lipinski definition) is 15. The van der Waals surface area contributed by atoms with Crippen LogP contribution in [0, 0.1) is 18.3 Å². The Hall–Kier alpha value is -5.99. The van der Waals surface area contributed by atoms with E-state index in [1.165, 1.54) is 4.90 Å². The number of aromatic nitrogens is 3. The van der Waals surface area contributed by atoms with Crippen LogP contribution < -0.4 is 26.0 Å². The molecule has 3 atom stereocenters. The Bertz CT molecular complexity index is 2410. The number of amides is 4. The second kappa shape index (κ2) is 29.2. The Morgan fingerprint density at radius 3 is 2.26 bits per heavy atom. The molecule has 2 aliphatic rings. The zero-order valence-corrected chi connectivity index (χ0v) is 44.7. The van der Waals surface area contributed by atoms with Gasteiger partial charge in [0.15, 0.2) is 0 Å². The van der Waals surface area contributed by atoms with Gasteiger partial charge in [0.1, 0.15) is 30.3 Å². The highest BCUT2D eigenvalue weighted by Gasteiger charge is 2.44. The first-order chi connectivity index (χ1) is 35.7. The van der Waals surface area contributed by atoms with E-state index < -0.39 is 35.4 Å². The van der Waals surface area contributed by atoms with Crippen molar-refractivity contribution in [1.29, 1.82) is 0 Å². The lowest BCUT2D eigenvalue weighted by Gasteiger charge is -2.35. The lowest BCUT2D eigenvalue weighted by Crippen LogP contribution is -2.58. The Kier molecular flexibility index (Phi) is 22.6. The van der Waals surface area contributed by atoms with Gasteiger partial charge in [0.05, 0.1) is 28.8 Å². The lowest BCUT2D eigenvalue weighted by molar-refractivity contribution is -0.144. The first kappa shape index (κ1) is 57.3.